The van der Waals surface area contributed by atoms with E-state index in [0.29, 0.717) is 0 Å². The Morgan fingerprint density at radius 3 is 1.25 bits per heavy atom. The maximum atomic E-state index is 9.56. The molecular weight excluding hydrogens is 160 g/mol. The van der Waals surface area contributed by atoms with Crippen molar-refractivity contribution in [2.75, 3.05) is 25.0 Å². The van der Waals surface area contributed by atoms with E-state index in [2.05, 4.69) is 12.5 Å². The monoisotopic (exact) mass is 172 g/mol. The highest BCUT2D eigenvalue weighted by molar-refractivity contribution is 8.76. The third-order valence-corrected chi connectivity index (χ3v) is 1.50. The minimum absolute atomic E-state index is 0.611. The molecule has 0 N–H and O–H groups in total. The normalized spacial score (nSPS) is 8.12. The van der Waals surface area contributed by atoms with Gasteiger partial charge in [-0.15, -0.1) is 0 Å². The van der Waals surface area contributed by atoms with Crippen molar-refractivity contribution in [2.24, 2.45) is 0 Å². The minimum Gasteiger partial charge on any atom is -0.260 e. The van der Waals surface area contributed by atoms with Crippen molar-refractivity contribution in [3.05, 3.63) is 0 Å². The molecule has 8 heavy (non-hydrogen) atoms. The van der Waals surface area contributed by atoms with Crippen LogP contribution in [0.3, 0.4) is 0 Å². The van der Waals surface area contributed by atoms with Gasteiger partial charge >= 0.3 is 0 Å². The van der Waals surface area contributed by atoms with Gasteiger partial charge in [0.25, 0.3) is 0 Å². The predicted molar refractivity (Wildman–Crippen MR) is 47.0 cm³/mol. The molecule has 0 aromatic heterocycles. The Kier molecular flexibility index (Phi) is 15.6. The quantitative estimate of drug-likeness (QED) is 0.560. The Morgan fingerprint density at radius 2 is 1.25 bits per heavy atom. The summed E-state index contributed by atoms with van der Waals surface area (Å²) in [5.74, 6) is 0. The lowest BCUT2D eigenvalue weighted by atomic mass is 11.9. The van der Waals surface area contributed by atoms with Crippen LogP contribution in [-0.4, -0.2) is 29.2 Å². The summed E-state index contributed by atoms with van der Waals surface area (Å²) in [5, 5.41) is 0. The predicted octanol–water partition coefficient (Wildman–Crippen LogP) is 1.62. The van der Waals surface area contributed by atoms with Gasteiger partial charge in [-0.25, -0.2) is 0 Å². The van der Waals surface area contributed by atoms with Crippen LogP contribution in [0.4, 0.5) is 0 Å². The van der Waals surface area contributed by atoms with Crippen LogP contribution in [0.15, 0.2) is 0 Å². The molecule has 0 unspecified atom stereocenters. The van der Waals surface area contributed by atoms with Gasteiger partial charge in [0.1, 0.15) is 0 Å². The van der Waals surface area contributed by atoms with E-state index in [-0.39, 0.29) is 0 Å². The lowest BCUT2D eigenvalue weighted by Crippen LogP contribution is -1.70. The van der Waals surface area contributed by atoms with Gasteiger partial charge in [0.2, 0.25) is 0 Å². The van der Waals surface area contributed by atoms with Crippen LogP contribution in [0.5, 0.6) is 0 Å². The fourth-order valence-corrected chi connectivity index (χ4v) is 0. The van der Waals surface area contributed by atoms with Gasteiger partial charge < -0.3 is 0 Å². The highest BCUT2D eigenvalue weighted by Crippen LogP contribution is 2.09. The molecule has 1 nitrogen and oxygen atoms in total. The smallest absolute Gasteiger partial charge is 0.0148 e. The standard InChI is InChI=1S/C2H6OS.C2H6S2/c1-4(2)3;1-3-4-2/h2*1-2H3. The second-order valence-electron chi connectivity index (χ2n) is 1.07. The van der Waals surface area contributed by atoms with Gasteiger partial charge in [0, 0.05) is 23.3 Å². The average molecular weight is 172 g/mol. The van der Waals surface area contributed by atoms with E-state index in [0.717, 1.165) is 0 Å². The van der Waals surface area contributed by atoms with Gasteiger partial charge in [-0.1, -0.05) is 21.6 Å². The van der Waals surface area contributed by atoms with Gasteiger partial charge in [-0.2, -0.15) is 0 Å². The number of rotatable bonds is 1. The van der Waals surface area contributed by atoms with E-state index in [4.69, 9.17) is 0 Å². The first-order valence-corrected chi connectivity index (χ1v) is 6.90. The van der Waals surface area contributed by atoms with E-state index in [9.17, 15) is 4.21 Å². The minimum atomic E-state index is -0.611. The molecule has 0 amide bonds. The molecule has 0 radical (unpaired) electrons. The molecule has 0 aliphatic rings. The maximum Gasteiger partial charge on any atom is 0.0148 e. The zero-order chi connectivity index (χ0) is 6.99. The Labute approximate surface area is 61.9 Å². The molecule has 0 aromatic carbocycles. The summed E-state index contributed by atoms with van der Waals surface area (Å²) in [6, 6.07) is 0. The van der Waals surface area contributed by atoms with Crippen LogP contribution >= 0.6 is 21.6 Å². The number of hydrogen-bond donors (Lipinski definition) is 0. The number of hydrogen-bond acceptors (Lipinski definition) is 3. The van der Waals surface area contributed by atoms with Crippen molar-refractivity contribution >= 4 is 32.4 Å². The van der Waals surface area contributed by atoms with Crippen LogP contribution in [0.1, 0.15) is 0 Å². The first-order valence-electron chi connectivity index (χ1n) is 1.97. The largest absolute Gasteiger partial charge is 0.260 e. The summed E-state index contributed by atoms with van der Waals surface area (Å²) in [5.41, 5.74) is 0. The van der Waals surface area contributed by atoms with Crippen LogP contribution < -0.4 is 0 Å². The molecule has 0 spiro atoms. The Bertz CT molecular complexity index is 49.2. The van der Waals surface area contributed by atoms with E-state index in [1.165, 1.54) is 0 Å². The lowest BCUT2D eigenvalue weighted by molar-refractivity contribution is 0.690. The molecule has 0 atom stereocenters. The zero-order valence-electron chi connectivity index (χ0n) is 5.63. The fraction of sp³-hybridized carbons (Fsp3) is 1.00. The summed E-state index contributed by atoms with van der Waals surface area (Å²) in [4.78, 5) is 0. The van der Waals surface area contributed by atoms with Crippen LogP contribution in [0.25, 0.3) is 0 Å². The third-order valence-electron chi connectivity index (χ3n) is 0.167. The maximum absolute atomic E-state index is 9.56. The van der Waals surface area contributed by atoms with Crippen molar-refractivity contribution in [1.29, 1.82) is 0 Å². The second-order valence-corrected chi connectivity index (χ2v) is 5.22. The molecule has 0 rings (SSSR count). The molecule has 0 saturated heterocycles. The van der Waals surface area contributed by atoms with Gasteiger partial charge in [-0.05, 0) is 12.5 Å². The summed E-state index contributed by atoms with van der Waals surface area (Å²) in [7, 11) is 2.94. The topological polar surface area (TPSA) is 17.1 Å². The fourth-order valence-electron chi connectivity index (χ4n) is 0. The highest BCUT2D eigenvalue weighted by atomic mass is 33.1. The summed E-state index contributed by atoms with van der Waals surface area (Å²) < 4.78 is 9.56. The second kappa shape index (κ2) is 10.8. The van der Waals surface area contributed by atoms with Crippen molar-refractivity contribution in [3.63, 3.8) is 0 Å². The lowest BCUT2D eigenvalue weighted by Gasteiger charge is -1.69. The van der Waals surface area contributed by atoms with Gasteiger partial charge in [-0.3, -0.25) is 4.21 Å². The Morgan fingerprint density at radius 1 is 1.12 bits per heavy atom. The molecular formula is C4H12OS3. The molecule has 4 heteroatoms. The zero-order valence-corrected chi connectivity index (χ0v) is 8.08. The highest BCUT2D eigenvalue weighted by Gasteiger charge is 1.57. The molecule has 0 aliphatic heterocycles. The van der Waals surface area contributed by atoms with E-state index in [1.807, 2.05) is 0 Å². The van der Waals surface area contributed by atoms with Crippen LogP contribution in [0, 0.1) is 0 Å². The third kappa shape index (κ3) is 68.5. The first-order chi connectivity index (χ1) is 3.65. The van der Waals surface area contributed by atoms with Crippen molar-refractivity contribution < 1.29 is 4.21 Å². The van der Waals surface area contributed by atoms with Gasteiger partial charge in [0.05, 0.1) is 0 Å². The molecule has 0 fully saturated rings. The van der Waals surface area contributed by atoms with Crippen molar-refractivity contribution in [3.8, 4) is 0 Å². The molecule has 0 saturated carbocycles. The molecule has 0 heterocycles. The molecule has 0 aliphatic carbocycles. The average Bonchev–Trinajstić information content (AvgIpc) is 1.65. The van der Waals surface area contributed by atoms with Crippen LogP contribution in [-0.2, 0) is 10.8 Å². The molecule has 0 aromatic rings. The van der Waals surface area contributed by atoms with E-state index >= 15 is 0 Å². The Balaban J connectivity index is 0. The van der Waals surface area contributed by atoms with Crippen molar-refractivity contribution in [1.82, 2.24) is 0 Å². The summed E-state index contributed by atoms with van der Waals surface area (Å²) in [6.07, 6.45) is 7.40. The van der Waals surface area contributed by atoms with E-state index < -0.39 is 10.8 Å². The molecule has 52 valence electrons. The van der Waals surface area contributed by atoms with E-state index in [1.54, 1.807) is 34.1 Å². The molecule has 0 bridgehead atoms. The van der Waals surface area contributed by atoms with Crippen molar-refractivity contribution in [2.45, 2.75) is 0 Å². The van der Waals surface area contributed by atoms with Crippen LogP contribution in [0.2, 0.25) is 0 Å². The summed E-state index contributed by atoms with van der Waals surface area (Å²) >= 11 is 0. The Hall–Kier alpha value is 0.850. The summed E-state index contributed by atoms with van der Waals surface area (Å²) in [6.45, 7) is 0. The van der Waals surface area contributed by atoms with Gasteiger partial charge in [0.15, 0.2) is 0 Å². The first kappa shape index (κ1) is 11.6. The SMILES string of the molecule is CS(C)=O.CSSC.